The number of pyridine rings is 1. The Kier molecular flexibility index (Phi) is 4.04. The van der Waals surface area contributed by atoms with Crippen LogP contribution < -0.4 is 11.1 Å². The number of aromatic nitrogens is 1. The monoisotopic (exact) mass is 268 g/mol. The number of nitrogen functional groups attached to an aromatic ring is 1. The van der Waals surface area contributed by atoms with Gasteiger partial charge in [0.15, 0.2) is 0 Å². The zero-order valence-electron chi connectivity index (χ0n) is 10.3. The molecule has 0 aromatic carbocycles. The summed E-state index contributed by atoms with van der Waals surface area (Å²) in [7, 11) is 2.08. The van der Waals surface area contributed by atoms with E-state index in [-0.39, 0.29) is 11.9 Å². The highest BCUT2D eigenvalue weighted by atomic mass is 35.5. The van der Waals surface area contributed by atoms with Crippen LogP contribution in [0.15, 0.2) is 12.3 Å². The minimum absolute atomic E-state index is 0.177. The number of hydrogen-bond donors (Lipinski definition) is 2. The Bertz CT molecular complexity index is 444. The molecular formula is C12H17ClN4O. The molecule has 1 aliphatic heterocycles. The molecule has 18 heavy (non-hydrogen) atoms. The molecule has 98 valence electrons. The second kappa shape index (κ2) is 5.54. The summed E-state index contributed by atoms with van der Waals surface area (Å²) in [5, 5.41) is 3.32. The topological polar surface area (TPSA) is 71.2 Å². The fraction of sp³-hybridized carbons (Fsp3) is 0.500. The molecular weight excluding hydrogens is 252 g/mol. The van der Waals surface area contributed by atoms with E-state index in [2.05, 4.69) is 22.2 Å². The molecule has 2 heterocycles. The third kappa shape index (κ3) is 3.11. The molecule has 1 fully saturated rings. The second-order valence-electron chi connectivity index (χ2n) is 4.64. The van der Waals surface area contributed by atoms with Gasteiger partial charge in [0.25, 0.3) is 5.91 Å². The molecule has 0 atom stereocenters. The van der Waals surface area contributed by atoms with Gasteiger partial charge in [-0.15, -0.1) is 0 Å². The first-order valence-corrected chi connectivity index (χ1v) is 6.34. The molecule has 6 heteroatoms. The van der Waals surface area contributed by atoms with Gasteiger partial charge in [-0.1, -0.05) is 11.6 Å². The Morgan fingerprint density at radius 3 is 2.89 bits per heavy atom. The molecule has 0 saturated carbocycles. The minimum atomic E-state index is -0.177. The number of nitrogens with zero attached hydrogens (tertiary/aromatic N) is 2. The smallest absolute Gasteiger partial charge is 0.253 e. The maximum Gasteiger partial charge on any atom is 0.253 e. The fourth-order valence-electron chi connectivity index (χ4n) is 2.04. The van der Waals surface area contributed by atoms with Gasteiger partial charge in [0.05, 0.1) is 10.6 Å². The number of carbonyl (C=O) groups excluding carboxylic acids is 1. The van der Waals surface area contributed by atoms with Gasteiger partial charge in [-0.05, 0) is 39.0 Å². The average Bonchev–Trinajstić information content (AvgIpc) is 2.35. The van der Waals surface area contributed by atoms with E-state index in [1.54, 1.807) is 0 Å². The quantitative estimate of drug-likeness (QED) is 0.844. The maximum atomic E-state index is 12.1. The number of hydrogen-bond acceptors (Lipinski definition) is 4. The molecule has 1 saturated heterocycles. The van der Waals surface area contributed by atoms with Crippen molar-refractivity contribution >= 4 is 23.3 Å². The highest BCUT2D eigenvalue weighted by Gasteiger charge is 2.20. The number of piperidine rings is 1. The number of amides is 1. The molecule has 0 radical (unpaired) electrons. The fourth-order valence-corrected chi connectivity index (χ4v) is 2.23. The Balaban J connectivity index is 2.01. The number of anilines is 1. The number of likely N-dealkylation sites (tertiary alicyclic amines) is 1. The SMILES string of the molecule is CN1CCC(NC(=O)c2cc(N)ncc2Cl)CC1. The summed E-state index contributed by atoms with van der Waals surface area (Å²) in [5.74, 6) is 0.122. The van der Waals surface area contributed by atoms with Crippen molar-refractivity contribution in [1.82, 2.24) is 15.2 Å². The van der Waals surface area contributed by atoms with E-state index in [9.17, 15) is 4.79 Å². The van der Waals surface area contributed by atoms with Crippen LogP contribution in [0, 0.1) is 0 Å². The summed E-state index contributed by atoms with van der Waals surface area (Å²) in [6.07, 6.45) is 3.32. The van der Waals surface area contributed by atoms with Crippen molar-refractivity contribution < 1.29 is 4.79 Å². The van der Waals surface area contributed by atoms with Gasteiger partial charge in [-0.25, -0.2) is 4.98 Å². The number of nitrogens with two attached hydrogens (primary N) is 1. The van der Waals surface area contributed by atoms with Gasteiger partial charge < -0.3 is 16.0 Å². The van der Waals surface area contributed by atoms with Crippen molar-refractivity contribution in [2.24, 2.45) is 0 Å². The highest BCUT2D eigenvalue weighted by molar-refractivity contribution is 6.33. The first kappa shape index (κ1) is 13.1. The Hall–Kier alpha value is -1.33. The van der Waals surface area contributed by atoms with Crippen molar-refractivity contribution in [2.75, 3.05) is 25.9 Å². The molecule has 1 amide bonds. The molecule has 1 aliphatic rings. The lowest BCUT2D eigenvalue weighted by atomic mass is 10.1. The normalized spacial score (nSPS) is 17.7. The molecule has 0 spiro atoms. The number of carbonyl (C=O) groups is 1. The molecule has 5 nitrogen and oxygen atoms in total. The van der Waals surface area contributed by atoms with Crippen molar-refractivity contribution in [3.63, 3.8) is 0 Å². The largest absolute Gasteiger partial charge is 0.384 e. The van der Waals surface area contributed by atoms with Crippen LogP contribution in [-0.4, -0.2) is 42.0 Å². The van der Waals surface area contributed by atoms with E-state index in [0.717, 1.165) is 25.9 Å². The molecule has 3 N–H and O–H groups in total. The molecule has 1 aromatic rings. The maximum absolute atomic E-state index is 12.1. The van der Waals surface area contributed by atoms with E-state index in [1.165, 1.54) is 12.3 Å². The second-order valence-corrected chi connectivity index (χ2v) is 5.05. The predicted octanol–water partition coefficient (Wildman–Crippen LogP) is 1.14. The molecule has 0 bridgehead atoms. The van der Waals surface area contributed by atoms with Crippen LogP contribution in [0.1, 0.15) is 23.2 Å². The number of halogens is 1. The van der Waals surface area contributed by atoms with E-state index < -0.39 is 0 Å². The standard InChI is InChI=1S/C12H17ClN4O/c1-17-4-2-8(3-5-17)16-12(18)9-6-11(14)15-7-10(9)13/h6-8H,2-5H2,1H3,(H2,14,15)(H,16,18). The van der Waals surface area contributed by atoms with E-state index >= 15 is 0 Å². The lowest BCUT2D eigenvalue weighted by Gasteiger charge is -2.29. The van der Waals surface area contributed by atoms with Gasteiger partial charge in [-0.3, -0.25) is 4.79 Å². The summed E-state index contributed by atoms with van der Waals surface area (Å²) < 4.78 is 0. The van der Waals surface area contributed by atoms with E-state index in [4.69, 9.17) is 17.3 Å². The van der Waals surface area contributed by atoms with Crippen molar-refractivity contribution in [2.45, 2.75) is 18.9 Å². The van der Waals surface area contributed by atoms with Gasteiger partial charge in [-0.2, -0.15) is 0 Å². The van der Waals surface area contributed by atoms with Gasteiger partial charge >= 0.3 is 0 Å². The van der Waals surface area contributed by atoms with Crippen LogP contribution in [0.3, 0.4) is 0 Å². The van der Waals surface area contributed by atoms with Gasteiger partial charge in [0, 0.05) is 12.2 Å². The summed E-state index contributed by atoms with van der Waals surface area (Å²) in [6.45, 7) is 1.99. The minimum Gasteiger partial charge on any atom is -0.384 e. The van der Waals surface area contributed by atoms with Gasteiger partial charge in [0.1, 0.15) is 5.82 Å². The van der Waals surface area contributed by atoms with Crippen LogP contribution in [0.5, 0.6) is 0 Å². The predicted molar refractivity (Wildman–Crippen MR) is 71.6 cm³/mol. The van der Waals surface area contributed by atoms with Crippen LogP contribution in [0.25, 0.3) is 0 Å². The molecule has 0 unspecified atom stereocenters. The van der Waals surface area contributed by atoms with Crippen LogP contribution in [0.2, 0.25) is 5.02 Å². The third-order valence-corrected chi connectivity index (χ3v) is 3.48. The van der Waals surface area contributed by atoms with Crippen LogP contribution in [0.4, 0.5) is 5.82 Å². The highest BCUT2D eigenvalue weighted by Crippen LogP contribution is 2.17. The first-order valence-electron chi connectivity index (χ1n) is 5.96. The molecule has 2 rings (SSSR count). The van der Waals surface area contributed by atoms with Crippen molar-refractivity contribution in [3.8, 4) is 0 Å². The lowest BCUT2D eigenvalue weighted by Crippen LogP contribution is -2.43. The zero-order valence-corrected chi connectivity index (χ0v) is 11.1. The Morgan fingerprint density at radius 2 is 2.22 bits per heavy atom. The van der Waals surface area contributed by atoms with Crippen molar-refractivity contribution in [3.05, 3.63) is 22.8 Å². The van der Waals surface area contributed by atoms with E-state index in [0.29, 0.717) is 16.4 Å². The summed E-state index contributed by atoms with van der Waals surface area (Å²) >= 11 is 5.94. The summed E-state index contributed by atoms with van der Waals surface area (Å²) in [6, 6.07) is 1.71. The number of rotatable bonds is 2. The van der Waals surface area contributed by atoms with Crippen LogP contribution in [-0.2, 0) is 0 Å². The zero-order chi connectivity index (χ0) is 13.1. The summed E-state index contributed by atoms with van der Waals surface area (Å²) in [5.41, 5.74) is 5.95. The number of nitrogens with one attached hydrogen (secondary N) is 1. The van der Waals surface area contributed by atoms with Crippen molar-refractivity contribution in [1.29, 1.82) is 0 Å². The average molecular weight is 269 g/mol. The van der Waals surface area contributed by atoms with Crippen LogP contribution >= 0.6 is 11.6 Å². The Morgan fingerprint density at radius 1 is 1.56 bits per heavy atom. The Labute approximate surface area is 111 Å². The molecule has 1 aromatic heterocycles. The van der Waals surface area contributed by atoms with E-state index in [1.807, 2.05) is 0 Å². The third-order valence-electron chi connectivity index (χ3n) is 3.17. The molecule has 0 aliphatic carbocycles. The lowest BCUT2D eigenvalue weighted by molar-refractivity contribution is 0.0917. The summed E-state index contributed by atoms with van der Waals surface area (Å²) in [4.78, 5) is 18.2. The first-order chi connectivity index (χ1) is 8.56. The van der Waals surface area contributed by atoms with Gasteiger partial charge in [0.2, 0.25) is 0 Å².